The van der Waals surface area contributed by atoms with E-state index < -0.39 is 16.7 Å². The molecule has 160 valence electrons. The number of hydrogen-bond acceptors (Lipinski definition) is 6. The fourth-order valence-electron chi connectivity index (χ4n) is 2.89. The quantitative estimate of drug-likeness (QED) is 0.143. The zero-order valence-corrected chi connectivity index (χ0v) is 20.3. The van der Waals surface area contributed by atoms with E-state index in [1.165, 1.54) is 23.2 Å². The lowest BCUT2D eigenvalue weighted by atomic mass is 10.1. The molecule has 0 aliphatic carbocycles. The lowest BCUT2D eigenvalue weighted by Gasteiger charge is -2.13. The molecular weight excluding hydrogens is 642 g/mol. The highest BCUT2D eigenvalue weighted by molar-refractivity contribution is 14.1. The van der Waals surface area contributed by atoms with Gasteiger partial charge in [0.1, 0.15) is 11.8 Å². The monoisotopic (exact) mass is 654 g/mol. The van der Waals surface area contributed by atoms with Crippen molar-refractivity contribution in [2.45, 2.75) is 0 Å². The normalized spacial score (nSPS) is 14.6. The molecule has 1 fully saturated rings. The molecule has 2 heterocycles. The zero-order valence-electron chi connectivity index (χ0n) is 16.0. The van der Waals surface area contributed by atoms with Crippen LogP contribution in [0.2, 0.25) is 0 Å². The summed E-state index contributed by atoms with van der Waals surface area (Å²) in [6, 6.07) is 15.1. The van der Waals surface area contributed by atoms with E-state index in [9.17, 15) is 19.7 Å². The van der Waals surface area contributed by atoms with Crippen molar-refractivity contribution in [3.63, 3.8) is 0 Å². The Kier molecular flexibility index (Phi) is 6.36. The Morgan fingerprint density at radius 1 is 1.06 bits per heavy atom. The smallest absolute Gasteiger partial charge is 0.287 e. The van der Waals surface area contributed by atoms with Crippen molar-refractivity contribution < 1.29 is 19.2 Å². The van der Waals surface area contributed by atoms with E-state index >= 15 is 0 Å². The number of hydrogen-bond donors (Lipinski definition) is 1. The number of aromatic nitrogens is 1. The van der Waals surface area contributed by atoms with E-state index in [1.807, 2.05) is 6.07 Å². The zero-order chi connectivity index (χ0) is 22.8. The summed E-state index contributed by atoms with van der Waals surface area (Å²) in [6.07, 6.45) is 2.65. The van der Waals surface area contributed by atoms with Gasteiger partial charge < -0.3 is 4.74 Å². The number of ether oxygens (including phenoxy) is 1. The summed E-state index contributed by atoms with van der Waals surface area (Å²) in [7, 11) is 0. The second kappa shape index (κ2) is 9.20. The van der Waals surface area contributed by atoms with Crippen LogP contribution >= 0.6 is 45.2 Å². The Morgan fingerprint density at radius 3 is 2.34 bits per heavy atom. The molecule has 0 atom stereocenters. The first kappa shape index (κ1) is 22.1. The van der Waals surface area contributed by atoms with Crippen LogP contribution in [-0.2, 0) is 9.59 Å². The number of benzene rings is 2. The van der Waals surface area contributed by atoms with Crippen molar-refractivity contribution >= 4 is 74.4 Å². The lowest BCUT2D eigenvalue weighted by molar-refractivity contribution is -0.385. The van der Waals surface area contributed by atoms with Gasteiger partial charge in [0.2, 0.25) is 5.88 Å². The first-order valence-electron chi connectivity index (χ1n) is 9.03. The summed E-state index contributed by atoms with van der Waals surface area (Å²) in [5.74, 6) is -0.204. The van der Waals surface area contributed by atoms with E-state index in [-0.39, 0.29) is 17.1 Å². The van der Waals surface area contributed by atoms with Crippen molar-refractivity contribution in [3.05, 3.63) is 89.2 Å². The van der Waals surface area contributed by atoms with Gasteiger partial charge in [0.05, 0.1) is 17.8 Å². The summed E-state index contributed by atoms with van der Waals surface area (Å²) >= 11 is 4.15. The Bertz CT molecular complexity index is 1240. The van der Waals surface area contributed by atoms with Crippen molar-refractivity contribution in [2.24, 2.45) is 0 Å². The minimum atomic E-state index is -0.536. The van der Waals surface area contributed by atoms with Crippen LogP contribution in [0.5, 0.6) is 11.6 Å². The number of halogens is 2. The predicted octanol–water partition coefficient (Wildman–Crippen LogP) is 4.45. The number of pyridine rings is 1. The maximum Gasteiger partial charge on any atom is 0.287 e. The van der Waals surface area contributed by atoms with Gasteiger partial charge in [-0.2, -0.15) is 0 Å². The third kappa shape index (κ3) is 4.57. The molecule has 11 heteroatoms. The molecule has 0 unspecified atom stereocenters. The molecule has 4 rings (SSSR count). The number of rotatable bonds is 5. The van der Waals surface area contributed by atoms with Crippen molar-refractivity contribution in [1.29, 1.82) is 0 Å². The summed E-state index contributed by atoms with van der Waals surface area (Å²) in [6.45, 7) is 0. The minimum absolute atomic E-state index is 0.0196. The van der Waals surface area contributed by atoms with Gasteiger partial charge in [0.25, 0.3) is 17.5 Å². The number of carbonyl (C=O) groups is 2. The van der Waals surface area contributed by atoms with Crippen molar-refractivity contribution in [2.75, 3.05) is 5.01 Å². The van der Waals surface area contributed by atoms with E-state index in [2.05, 4.69) is 55.6 Å². The Hall–Kier alpha value is -3.07. The molecule has 2 amide bonds. The third-order valence-electron chi connectivity index (χ3n) is 4.38. The Balaban J connectivity index is 1.59. The number of hydrazine groups is 1. The van der Waals surface area contributed by atoms with Crippen LogP contribution in [0.3, 0.4) is 0 Å². The van der Waals surface area contributed by atoms with E-state index in [0.29, 0.717) is 24.1 Å². The van der Waals surface area contributed by atoms with Crippen LogP contribution in [0.4, 0.5) is 11.4 Å². The first-order chi connectivity index (χ1) is 15.3. The lowest BCUT2D eigenvalue weighted by Crippen LogP contribution is -2.35. The molecule has 0 bridgehead atoms. The number of carbonyl (C=O) groups excluding carboxylic acids is 2. The summed E-state index contributed by atoms with van der Waals surface area (Å²) < 4.78 is 7.22. The minimum Gasteiger partial charge on any atom is -0.437 e. The molecule has 9 nitrogen and oxygen atoms in total. The standard InChI is InChI=1S/C21H12I2N4O5/c22-16-9-12(8-15-20(28)25-26(21(15)29)13-4-2-1-3-5-13)10-17(23)19(16)32-18-7-6-14(11-24-18)27(30)31/h1-11H,(H,25,28)/b15-8-. The number of nitro groups is 1. The molecule has 1 N–H and O–H groups in total. The summed E-state index contributed by atoms with van der Waals surface area (Å²) in [5, 5.41) is 12.0. The molecule has 0 spiro atoms. The van der Waals surface area contributed by atoms with Gasteiger partial charge in [-0.05, 0) is 81.1 Å². The summed E-state index contributed by atoms with van der Waals surface area (Å²) in [5.41, 5.74) is 3.67. The number of anilines is 1. The predicted molar refractivity (Wildman–Crippen MR) is 133 cm³/mol. The van der Waals surface area contributed by atoms with E-state index in [1.54, 1.807) is 36.4 Å². The van der Waals surface area contributed by atoms with Crippen molar-refractivity contribution in [3.8, 4) is 11.6 Å². The van der Waals surface area contributed by atoms with Crippen LogP contribution in [0, 0.1) is 17.3 Å². The molecular formula is C21H12I2N4O5. The fraction of sp³-hybridized carbons (Fsp3) is 0. The number of nitrogens with one attached hydrogen (secondary N) is 1. The summed E-state index contributed by atoms with van der Waals surface area (Å²) in [4.78, 5) is 39.3. The van der Waals surface area contributed by atoms with Crippen LogP contribution in [-0.4, -0.2) is 21.7 Å². The molecule has 0 saturated carbocycles. The van der Waals surface area contributed by atoms with Crippen LogP contribution in [0.25, 0.3) is 6.08 Å². The Labute approximate surface area is 208 Å². The first-order valence-corrected chi connectivity index (χ1v) is 11.2. The highest BCUT2D eigenvalue weighted by Gasteiger charge is 2.34. The molecule has 2 aromatic carbocycles. The topological polar surface area (TPSA) is 115 Å². The maximum atomic E-state index is 12.8. The molecule has 1 aromatic heterocycles. The van der Waals surface area contributed by atoms with Crippen molar-refractivity contribution in [1.82, 2.24) is 10.4 Å². The molecule has 3 aromatic rings. The molecule has 32 heavy (non-hydrogen) atoms. The van der Waals surface area contributed by atoms with E-state index in [0.717, 1.165) is 6.20 Å². The highest BCUT2D eigenvalue weighted by atomic mass is 127. The van der Waals surface area contributed by atoms with Crippen LogP contribution < -0.4 is 15.2 Å². The van der Waals surface area contributed by atoms with Gasteiger partial charge >= 0.3 is 0 Å². The average Bonchev–Trinajstić information content (AvgIpc) is 3.05. The maximum absolute atomic E-state index is 12.8. The van der Waals surface area contributed by atoms with Gasteiger partial charge in [0, 0.05) is 12.1 Å². The second-order valence-electron chi connectivity index (χ2n) is 6.50. The van der Waals surface area contributed by atoms with Crippen LogP contribution in [0.15, 0.2) is 66.4 Å². The Morgan fingerprint density at radius 2 is 1.75 bits per heavy atom. The van der Waals surface area contributed by atoms with Gasteiger partial charge in [-0.1, -0.05) is 18.2 Å². The SMILES string of the molecule is O=C1NN(c2ccccc2)C(=O)/C1=C\c1cc(I)c(Oc2ccc([N+](=O)[O-])cn2)c(I)c1. The van der Waals surface area contributed by atoms with Gasteiger partial charge in [0.15, 0.2) is 5.75 Å². The second-order valence-corrected chi connectivity index (χ2v) is 8.83. The largest absolute Gasteiger partial charge is 0.437 e. The average molecular weight is 654 g/mol. The number of para-hydroxylation sites is 1. The molecule has 1 saturated heterocycles. The third-order valence-corrected chi connectivity index (χ3v) is 5.98. The van der Waals surface area contributed by atoms with Gasteiger partial charge in [-0.3, -0.25) is 25.1 Å². The molecule has 1 aliphatic heterocycles. The molecule has 1 aliphatic rings. The van der Waals surface area contributed by atoms with E-state index in [4.69, 9.17) is 4.74 Å². The van der Waals surface area contributed by atoms with Gasteiger partial charge in [-0.25, -0.2) is 9.99 Å². The highest BCUT2D eigenvalue weighted by Crippen LogP contribution is 2.33. The van der Waals surface area contributed by atoms with Gasteiger partial charge in [-0.15, -0.1) is 0 Å². The fourth-order valence-corrected chi connectivity index (χ4v) is 4.93. The van der Waals surface area contributed by atoms with Crippen LogP contribution in [0.1, 0.15) is 5.56 Å². The number of amides is 2. The molecule has 0 radical (unpaired) electrons. The number of nitrogens with zero attached hydrogens (tertiary/aromatic N) is 3.